The number of carbonyl (C=O) groups is 4. The molecule has 0 aromatic carbocycles. The van der Waals surface area contributed by atoms with Crippen LogP contribution in [0.2, 0.25) is 0 Å². The van der Waals surface area contributed by atoms with E-state index in [0.717, 1.165) is 14.2 Å². The van der Waals surface area contributed by atoms with Crippen LogP contribution in [0.25, 0.3) is 0 Å². The van der Waals surface area contributed by atoms with E-state index in [0.29, 0.717) is 0 Å². The Hall–Kier alpha value is -2.58. The number of esters is 3. The minimum absolute atomic E-state index is 0.00946. The molecule has 0 aromatic heterocycles. The van der Waals surface area contributed by atoms with Gasteiger partial charge in [-0.15, -0.1) is 0 Å². The number of amides is 1. The van der Waals surface area contributed by atoms with E-state index < -0.39 is 41.7 Å². The minimum atomic E-state index is -1.76. The predicted molar refractivity (Wildman–Crippen MR) is 81.9 cm³/mol. The van der Waals surface area contributed by atoms with Crippen molar-refractivity contribution in [2.24, 2.45) is 0 Å². The normalized spacial score (nSPS) is 13.1. The SMILES string of the molecule is C=C(C)C(=O)OC(C(=O)OC)[C@H](NC(=O)OC(C)(C)C)C(=O)OC. The van der Waals surface area contributed by atoms with Crippen molar-refractivity contribution in [3.05, 3.63) is 12.2 Å². The average Bonchev–Trinajstić information content (AvgIpc) is 2.46. The maximum absolute atomic E-state index is 11.9. The summed E-state index contributed by atoms with van der Waals surface area (Å²) in [5.41, 5.74) is -0.857. The highest BCUT2D eigenvalue weighted by molar-refractivity contribution is 5.93. The number of hydrogen-bond acceptors (Lipinski definition) is 8. The first-order valence-electron chi connectivity index (χ1n) is 6.94. The van der Waals surface area contributed by atoms with Gasteiger partial charge in [-0.25, -0.2) is 19.2 Å². The van der Waals surface area contributed by atoms with Gasteiger partial charge < -0.3 is 24.3 Å². The van der Waals surface area contributed by atoms with Crippen molar-refractivity contribution in [2.75, 3.05) is 14.2 Å². The second-order valence-corrected chi connectivity index (χ2v) is 5.78. The monoisotopic (exact) mass is 345 g/mol. The molecule has 0 radical (unpaired) electrons. The van der Waals surface area contributed by atoms with Crippen LogP contribution in [0.5, 0.6) is 0 Å². The van der Waals surface area contributed by atoms with Crippen molar-refractivity contribution >= 4 is 24.0 Å². The fraction of sp³-hybridized carbons (Fsp3) is 0.600. The van der Waals surface area contributed by atoms with Crippen LogP contribution >= 0.6 is 0 Å². The van der Waals surface area contributed by atoms with Crippen LogP contribution in [0.15, 0.2) is 12.2 Å². The third-order valence-electron chi connectivity index (χ3n) is 2.45. The van der Waals surface area contributed by atoms with E-state index in [1.807, 2.05) is 0 Å². The summed E-state index contributed by atoms with van der Waals surface area (Å²) in [7, 11) is 2.08. The molecule has 0 heterocycles. The Morgan fingerprint density at radius 1 is 1.00 bits per heavy atom. The zero-order valence-corrected chi connectivity index (χ0v) is 14.6. The molecule has 0 rings (SSSR count). The molecular formula is C15H23NO8. The number of ether oxygens (including phenoxy) is 4. The molecule has 0 saturated heterocycles. The van der Waals surface area contributed by atoms with Gasteiger partial charge in [0.25, 0.3) is 0 Å². The van der Waals surface area contributed by atoms with E-state index in [9.17, 15) is 19.2 Å². The van der Waals surface area contributed by atoms with Crippen LogP contribution in [0.4, 0.5) is 4.79 Å². The van der Waals surface area contributed by atoms with Crippen LogP contribution in [-0.4, -0.2) is 56.0 Å². The van der Waals surface area contributed by atoms with Crippen molar-refractivity contribution in [1.82, 2.24) is 5.32 Å². The van der Waals surface area contributed by atoms with E-state index in [1.54, 1.807) is 20.8 Å². The smallest absolute Gasteiger partial charge is 0.408 e. The van der Waals surface area contributed by atoms with Crippen molar-refractivity contribution in [3.63, 3.8) is 0 Å². The minimum Gasteiger partial charge on any atom is -0.467 e. The molecule has 0 aliphatic carbocycles. The number of carbonyl (C=O) groups excluding carboxylic acids is 4. The molecule has 136 valence electrons. The molecule has 0 aliphatic rings. The summed E-state index contributed by atoms with van der Waals surface area (Å²) in [6.45, 7) is 9.55. The van der Waals surface area contributed by atoms with E-state index in [2.05, 4.69) is 21.4 Å². The third-order valence-corrected chi connectivity index (χ3v) is 2.45. The fourth-order valence-corrected chi connectivity index (χ4v) is 1.40. The lowest BCUT2D eigenvalue weighted by Crippen LogP contribution is -2.55. The zero-order chi connectivity index (χ0) is 19.1. The predicted octanol–water partition coefficient (Wildman–Crippen LogP) is 0.714. The molecular weight excluding hydrogens is 322 g/mol. The van der Waals surface area contributed by atoms with Gasteiger partial charge in [-0.05, 0) is 27.7 Å². The zero-order valence-electron chi connectivity index (χ0n) is 14.6. The van der Waals surface area contributed by atoms with Crippen LogP contribution in [0.1, 0.15) is 27.7 Å². The van der Waals surface area contributed by atoms with Gasteiger partial charge in [0, 0.05) is 5.57 Å². The van der Waals surface area contributed by atoms with Gasteiger partial charge in [-0.1, -0.05) is 6.58 Å². The van der Waals surface area contributed by atoms with Crippen molar-refractivity contribution in [1.29, 1.82) is 0 Å². The lowest BCUT2D eigenvalue weighted by molar-refractivity contribution is -0.170. The molecule has 1 N–H and O–H groups in total. The molecule has 1 unspecified atom stereocenters. The largest absolute Gasteiger partial charge is 0.467 e. The summed E-state index contributed by atoms with van der Waals surface area (Å²) in [6.07, 6.45) is -2.77. The second kappa shape index (κ2) is 8.90. The second-order valence-electron chi connectivity index (χ2n) is 5.78. The molecule has 0 fully saturated rings. The molecule has 9 heteroatoms. The highest BCUT2D eigenvalue weighted by Gasteiger charge is 2.41. The topological polar surface area (TPSA) is 117 Å². The van der Waals surface area contributed by atoms with Gasteiger partial charge >= 0.3 is 24.0 Å². The molecule has 1 amide bonds. The van der Waals surface area contributed by atoms with E-state index >= 15 is 0 Å². The lowest BCUT2D eigenvalue weighted by Gasteiger charge is -2.26. The summed E-state index contributed by atoms with van der Waals surface area (Å²) >= 11 is 0. The molecule has 0 saturated carbocycles. The Kier molecular flexibility index (Phi) is 7.94. The molecule has 0 aliphatic heterocycles. The number of hydrogen-bond donors (Lipinski definition) is 1. The number of alkyl carbamates (subject to hydrolysis) is 1. The van der Waals surface area contributed by atoms with Gasteiger partial charge in [0.2, 0.25) is 6.10 Å². The summed E-state index contributed by atoms with van der Waals surface area (Å²) < 4.78 is 18.9. The summed E-state index contributed by atoms with van der Waals surface area (Å²) in [5.74, 6) is -3.02. The van der Waals surface area contributed by atoms with Gasteiger partial charge in [0.15, 0.2) is 6.04 Å². The third kappa shape index (κ3) is 7.12. The quantitative estimate of drug-likeness (QED) is 0.425. The molecule has 2 atom stereocenters. The molecule has 0 spiro atoms. The van der Waals surface area contributed by atoms with Gasteiger partial charge in [-0.2, -0.15) is 0 Å². The Bertz CT molecular complexity index is 520. The van der Waals surface area contributed by atoms with E-state index in [-0.39, 0.29) is 5.57 Å². The molecule has 24 heavy (non-hydrogen) atoms. The molecule has 0 aromatic rings. The molecule has 9 nitrogen and oxygen atoms in total. The van der Waals surface area contributed by atoms with Crippen molar-refractivity contribution < 1.29 is 38.1 Å². The highest BCUT2D eigenvalue weighted by atomic mass is 16.6. The maximum Gasteiger partial charge on any atom is 0.408 e. The van der Waals surface area contributed by atoms with Gasteiger partial charge in [0.05, 0.1) is 14.2 Å². The van der Waals surface area contributed by atoms with Gasteiger partial charge in [-0.3, -0.25) is 0 Å². The fourth-order valence-electron chi connectivity index (χ4n) is 1.40. The van der Waals surface area contributed by atoms with Crippen LogP contribution in [0, 0.1) is 0 Å². The highest BCUT2D eigenvalue weighted by Crippen LogP contribution is 2.11. The van der Waals surface area contributed by atoms with Crippen LogP contribution in [-0.2, 0) is 33.3 Å². The van der Waals surface area contributed by atoms with E-state index in [4.69, 9.17) is 9.47 Å². The van der Waals surface area contributed by atoms with Crippen LogP contribution < -0.4 is 5.32 Å². The van der Waals surface area contributed by atoms with Crippen molar-refractivity contribution in [3.8, 4) is 0 Å². The summed E-state index contributed by atoms with van der Waals surface area (Å²) in [5, 5.41) is 2.14. The maximum atomic E-state index is 11.9. The first-order valence-corrected chi connectivity index (χ1v) is 6.94. The number of methoxy groups -OCH3 is 2. The van der Waals surface area contributed by atoms with E-state index in [1.165, 1.54) is 6.92 Å². The Morgan fingerprint density at radius 3 is 1.88 bits per heavy atom. The first kappa shape index (κ1) is 21.4. The molecule has 0 bridgehead atoms. The average molecular weight is 345 g/mol. The number of nitrogens with one attached hydrogen (secondary N) is 1. The Labute approximate surface area is 140 Å². The Balaban J connectivity index is 5.49. The summed E-state index contributed by atoms with van der Waals surface area (Å²) in [6, 6.07) is -1.65. The number of rotatable bonds is 6. The standard InChI is InChI=1S/C15H23NO8/c1-8(2)11(17)23-10(13(19)22-7)9(12(18)21-6)16-14(20)24-15(3,4)5/h9-10H,1H2,2-7H3,(H,16,20)/t9-,10?/m0/s1. The van der Waals surface area contributed by atoms with Crippen LogP contribution in [0.3, 0.4) is 0 Å². The van der Waals surface area contributed by atoms with Gasteiger partial charge in [0.1, 0.15) is 5.60 Å². The van der Waals surface area contributed by atoms with Crippen molar-refractivity contribution in [2.45, 2.75) is 45.4 Å². The first-order chi connectivity index (χ1) is 10.9. The lowest BCUT2D eigenvalue weighted by atomic mass is 10.1. The summed E-state index contributed by atoms with van der Waals surface area (Å²) in [4.78, 5) is 47.3. The Morgan fingerprint density at radius 2 is 1.50 bits per heavy atom.